The van der Waals surface area contributed by atoms with Gasteiger partial charge in [0.05, 0.1) is 11.7 Å². The van der Waals surface area contributed by atoms with Crippen LogP contribution in [-0.4, -0.2) is 15.6 Å². The SMILES string of the molecule is Cc1cnc2n1-c1ccccc1CCC2NC(=O)OCc1ccccc1. The van der Waals surface area contributed by atoms with E-state index in [9.17, 15) is 4.79 Å². The maximum absolute atomic E-state index is 12.3. The number of nitrogens with one attached hydrogen (secondary N) is 1. The Labute approximate surface area is 152 Å². The Morgan fingerprint density at radius 3 is 2.81 bits per heavy atom. The van der Waals surface area contributed by atoms with Gasteiger partial charge in [0.25, 0.3) is 0 Å². The van der Waals surface area contributed by atoms with Gasteiger partial charge in [-0.3, -0.25) is 4.57 Å². The van der Waals surface area contributed by atoms with E-state index >= 15 is 0 Å². The number of alkyl carbamates (subject to hydrolysis) is 1. The zero-order valence-corrected chi connectivity index (χ0v) is 14.7. The molecule has 1 unspecified atom stereocenters. The fraction of sp³-hybridized carbons (Fsp3) is 0.238. The number of hydrogen-bond acceptors (Lipinski definition) is 3. The first-order valence-electron chi connectivity index (χ1n) is 8.82. The lowest BCUT2D eigenvalue weighted by Gasteiger charge is -2.17. The second-order valence-corrected chi connectivity index (χ2v) is 6.52. The van der Waals surface area contributed by atoms with Crippen LogP contribution in [0.4, 0.5) is 4.79 Å². The highest BCUT2D eigenvalue weighted by atomic mass is 16.5. The van der Waals surface area contributed by atoms with Crippen molar-refractivity contribution < 1.29 is 9.53 Å². The van der Waals surface area contributed by atoms with Crippen LogP contribution in [0.3, 0.4) is 0 Å². The highest BCUT2D eigenvalue weighted by Crippen LogP contribution is 2.30. The number of rotatable bonds is 3. The molecule has 0 fully saturated rings. The lowest BCUT2D eigenvalue weighted by molar-refractivity contribution is 0.134. The standard InChI is InChI=1S/C21H21N3O2/c1-15-13-22-20-18(12-11-17-9-5-6-10-19(17)24(15)20)23-21(25)26-14-16-7-3-2-4-8-16/h2-10,13,18H,11-12,14H2,1H3,(H,23,25). The summed E-state index contributed by atoms with van der Waals surface area (Å²) in [6.45, 7) is 2.29. The number of carbonyl (C=O) groups is 1. The molecule has 26 heavy (non-hydrogen) atoms. The smallest absolute Gasteiger partial charge is 0.408 e. The van der Waals surface area contributed by atoms with Crippen LogP contribution in [0.1, 0.15) is 35.1 Å². The predicted molar refractivity (Wildman–Crippen MR) is 99.1 cm³/mol. The van der Waals surface area contributed by atoms with E-state index < -0.39 is 6.09 Å². The van der Waals surface area contributed by atoms with Crippen LogP contribution < -0.4 is 5.32 Å². The van der Waals surface area contributed by atoms with Gasteiger partial charge < -0.3 is 10.1 Å². The van der Waals surface area contributed by atoms with E-state index in [1.165, 1.54) is 5.56 Å². The van der Waals surface area contributed by atoms with Gasteiger partial charge in [-0.2, -0.15) is 0 Å². The van der Waals surface area contributed by atoms with E-state index in [1.807, 2.05) is 55.6 Å². The summed E-state index contributed by atoms with van der Waals surface area (Å²) in [4.78, 5) is 16.9. The number of amides is 1. The van der Waals surface area contributed by atoms with Crippen molar-refractivity contribution in [1.82, 2.24) is 14.9 Å². The molecule has 4 rings (SSSR count). The zero-order chi connectivity index (χ0) is 17.9. The summed E-state index contributed by atoms with van der Waals surface area (Å²) in [5, 5.41) is 2.99. The lowest BCUT2D eigenvalue weighted by Crippen LogP contribution is -2.30. The molecule has 5 nitrogen and oxygen atoms in total. The summed E-state index contributed by atoms with van der Waals surface area (Å²) in [7, 11) is 0. The van der Waals surface area contributed by atoms with E-state index in [4.69, 9.17) is 4.74 Å². The molecule has 1 aromatic heterocycles. The van der Waals surface area contributed by atoms with Crippen LogP contribution in [0.5, 0.6) is 0 Å². The van der Waals surface area contributed by atoms with Gasteiger partial charge in [0.2, 0.25) is 0 Å². The third-order valence-corrected chi connectivity index (χ3v) is 4.72. The van der Waals surface area contributed by atoms with Crippen molar-refractivity contribution in [3.05, 3.63) is 83.4 Å². The third kappa shape index (κ3) is 3.20. The number of ether oxygens (including phenoxy) is 1. The first kappa shape index (κ1) is 16.4. The molecule has 5 heteroatoms. The quantitative estimate of drug-likeness (QED) is 0.776. The van der Waals surface area contributed by atoms with Crippen molar-refractivity contribution in [1.29, 1.82) is 0 Å². The molecular formula is C21H21N3O2. The number of fused-ring (bicyclic) bond motifs is 3. The minimum Gasteiger partial charge on any atom is -0.445 e. The van der Waals surface area contributed by atoms with Gasteiger partial charge in [0.15, 0.2) is 0 Å². The van der Waals surface area contributed by atoms with E-state index in [1.54, 1.807) is 0 Å². The van der Waals surface area contributed by atoms with E-state index in [0.29, 0.717) is 0 Å². The molecule has 1 N–H and O–H groups in total. The second-order valence-electron chi connectivity index (χ2n) is 6.52. The first-order chi connectivity index (χ1) is 12.7. The molecule has 2 heterocycles. The van der Waals surface area contributed by atoms with Crippen LogP contribution in [-0.2, 0) is 17.8 Å². The predicted octanol–water partition coefficient (Wildman–Crippen LogP) is 4.09. The summed E-state index contributed by atoms with van der Waals surface area (Å²) < 4.78 is 7.51. The van der Waals surface area contributed by atoms with Gasteiger partial charge in [-0.05, 0) is 37.0 Å². The maximum Gasteiger partial charge on any atom is 0.408 e. The molecule has 0 bridgehead atoms. The van der Waals surface area contributed by atoms with Crippen molar-refractivity contribution in [2.75, 3.05) is 0 Å². The Kier molecular flexibility index (Phi) is 4.44. The summed E-state index contributed by atoms with van der Waals surface area (Å²) in [6.07, 6.45) is 3.09. The van der Waals surface area contributed by atoms with Gasteiger partial charge in [0, 0.05) is 11.9 Å². The van der Waals surface area contributed by atoms with E-state index in [0.717, 1.165) is 35.6 Å². The molecule has 0 saturated heterocycles. The lowest BCUT2D eigenvalue weighted by atomic mass is 10.1. The molecule has 1 aliphatic rings. The number of aryl methyl sites for hydroxylation is 2. The zero-order valence-electron chi connectivity index (χ0n) is 14.7. The van der Waals surface area contributed by atoms with Crippen LogP contribution in [0.15, 0.2) is 60.8 Å². The molecule has 1 atom stereocenters. The minimum atomic E-state index is -0.419. The van der Waals surface area contributed by atoms with Crippen LogP contribution in [0, 0.1) is 6.92 Å². The Bertz CT molecular complexity index is 918. The fourth-order valence-corrected chi connectivity index (χ4v) is 3.43. The molecule has 1 amide bonds. The van der Waals surface area contributed by atoms with Gasteiger partial charge in [0.1, 0.15) is 12.4 Å². The Morgan fingerprint density at radius 2 is 1.96 bits per heavy atom. The number of nitrogens with zero attached hydrogens (tertiary/aromatic N) is 2. The van der Waals surface area contributed by atoms with Crippen LogP contribution in [0.2, 0.25) is 0 Å². The summed E-state index contributed by atoms with van der Waals surface area (Å²) in [5.41, 5.74) is 4.42. The first-order valence-corrected chi connectivity index (χ1v) is 8.82. The van der Waals surface area contributed by atoms with E-state index in [2.05, 4.69) is 27.0 Å². The summed E-state index contributed by atoms with van der Waals surface area (Å²) in [5.74, 6) is 0.851. The van der Waals surface area contributed by atoms with Crippen molar-refractivity contribution >= 4 is 6.09 Å². The van der Waals surface area contributed by atoms with Gasteiger partial charge in [-0.15, -0.1) is 0 Å². The normalized spacial score (nSPS) is 15.5. The van der Waals surface area contributed by atoms with Gasteiger partial charge in [-0.25, -0.2) is 9.78 Å². The third-order valence-electron chi connectivity index (χ3n) is 4.72. The molecule has 2 aromatic carbocycles. The van der Waals surface area contributed by atoms with Gasteiger partial charge >= 0.3 is 6.09 Å². The number of aromatic nitrogens is 2. The Balaban J connectivity index is 1.52. The highest BCUT2D eigenvalue weighted by molar-refractivity contribution is 5.68. The van der Waals surface area contributed by atoms with E-state index in [-0.39, 0.29) is 12.6 Å². The second kappa shape index (κ2) is 7.04. The van der Waals surface area contributed by atoms with Gasteiger partial charge in [-0.1, -0.05) is 48.5 Å². The Hall–Kier alpha value is -3.08. The molecular weight excluding hydrogens is 326 g/mol. The van der Waals surface area contributed by atoms with Crippen molar-refractivity contribution in [2.45, 2.75) is 32.4 Å². The monoisotopic (exact) mass is 347 g/mol. The number of carbonyl (C=O) groups excluding carboxylic acids is 1. The number of hydrogen-bond donors (Lipinski definition) is 1. The highest BCUT2D eigenvalue weighted by Gasteiger charge is 2.26. The molecule has 0 radical (unpaired) electrons. The van der Waals surface area contributed by atoms with Crippen molar-refractivity contribution in [3.63, 3.8) is 0 Å². The molecule has 0 saturated carbocycles. The van der Waals surface area contributed by atoms with Crippen LogP contribution >= 0.6 is 0 Å². The molecule has 1 aliphatic heterocycles. The maximum atomic E-state index is 12.3. The van der Waals surface area contributed by atoms with Crippen molar-refractivity contribution in [3.8, 4) is 5.69 Å². The number of para-hydroxylation sites is 1. The topological polar surface area (TPSA) is 56.2 Å². The molecule has 0 spiro atoms. The van der Waals surface area contributed by atoms with Crippen LogP contribution in [0.25, 0.3) is 5.69 Å². The summed E-state index contributed by atoms with van der Waals surface area (Å²) in [6, 6.07) is 17.8. The molecule has 3 aromatic rings. The number of imidazole rings is 1. The average Bonchev–Trinajstić information content (AvgIpc) is 2.98. The van der Waals surface area contributed by atoms with Crippen molar-refractivity contribution in [2.24, 2.45) is 0 Å². The molecule has 0 aliphatic carbocycles. The Morgan fingerprint density at radius 1 is 1.19 bits per heavy atom. The largest absolute Gasteiger partial charge is 0.445 e. The average molecular weight is 347 g/mol. The fourth-order valence-electron chi connectivity index (χ4n) is 3.43. The summed E-state index contributed by atoms with van der Waals surface area (Å²) >= 11 is 0. The minimum absolute atomic E-state index is 0.181. The molecule has 132 valence electrons. The number of benzene rings is 2.